The summed E-state index contributed by atoms with van der Waals surface area (Å²) in [6.45, 7) is 3.02. The number of benzene rings is 1. The summed E-state index contributed by atoms with van der Waals surface area (Å²) in [5.41, 5.74) is 1.99. The van der Waals surface area contributed by atoms with Crippen LogP contribution in [-0.4, -0.2) is 27.7 Å². The molecule has 0 unspecified atom stereocenters. The molecule has 0 saturated heterocycles. The molecule has 0 amide bonds. The van der Waals surface area contributed by atoms with Gasteiger partial charge in [-0.2, -0.15) is 0 Å². The van der Waals surface area contributed by atoms with Gasteiger partial charge in [-0.05, 0) is 25.0 Å². The molecule has 1 N–H and O–H groups in total. The van der Waals surface area contributed by atoms with Crippen LogP contribution in [0.4, 0.5) is 0 Å². The number of aromatic nitrogens is 2. The predicted octanol–water partition coefficient (Wildman–Crippen LogP) is 2.86. The van der Waals surface area contributed by atoms with E-state index < -0.39 is 5.97 Å². The van der Waals surface area contributed by atoms with Gasteiger partial charge in [0, 0.05) is 25.5 Å². The van der Waals surface area contributed by atoms with Gasteiger partial charge in [0.1, 0.15) is 11.6 Å². The van der Waals surface area contributed by atoms with Gasteiger partial charge in [-0.1, -0.05) is 6.92 Å². The molecule has 0 spiro atoms. The maximum Gasteiger partial charge on any atom is 0.303 e. The number of carboxylic acid groups (broad SMARTS) is 1. The van der Waals surface area contributed by atoms with E-state index in [9.17, 15) is 4.79 Å². The fraction of sp³-hybridized carbons (Fsp3) is 0.467. The third-order valence-corrected chi connectivity index (χ3v) is 3.27. The van der Waals surface area contributed by atoms with E-state index in [0.717, 1.165) is 35.6 Å². The van der Waals surface area contributed by atoms with E-state index in [-0.39, 0.29) is 6.42 Å². The van der Waals surface area contributed by atoms with Crippen LogP contribution in [0.3, 0.4) is 0 Å². The van der Waals surface area contributed by atoms with Crippen LogP contribution in [0.1, 0.15) is 32.0 Å². The Morgan fingerprint density at radius 1 is 1.45 bits per heavy atom. The number of methoxy groups -OCH3 is 1. The van der Waals surface area contributed by atoms with Gasteiger partial charge in [0.25, 0.3) is 0 Å². The molecule has 0 saturated carbocycles. The Morgan fingerprint density at radius 2 is 2.25 bits per heavy atom. The van der Waals surface area contributed by atoms with Crippen LogP contribution in [-0.2, 0) is 17.8 Å². The van der Waals surface area contributed by atoms with E-state index in [1.165, 1.54) is 0 Å². The molecular weight excluding hydrogens is 256 g/mol. The number of aryl methyl sites for hydroxylation is 2. The third-order valence-electron chi connectivity index (χ3n) is 3.27. The van der Waals surface area contributed by atoms with Crippen LogP contribution in [0.2, 0.25) is 0 Å². The van der Waals surface area contributed by atoms with Gasteiger partial charge in [-0.15, -0.1) is 0 Å². The van der Waals surface area contributed by atoms with Crippen molar-refractivity contribution in [2.75, 3.05) is 7.11 Å². The van der Waals surface area contributed by atoms with Gasteiger partial charge in [0.05, 0.1) is 18.1 Å². The molecule has 0 aliphatic rings. The maximum atomic E-state index is 10.6. The fourth-order valence-electron chi connectivity index (χ4n) is 2.35. The number of carboxylic acids is 1. The molecule has 1 aromatic carbocycles. The molecule has 0 aliphatic carbocycles. The molecule has 0 atom stereocenters. The highest BCUT2D eigenvalue weighted by molar-refractivity contribution is 5.77. The largest absolute Gasteiger partial charge is 0.497 e. The van der Waals surface area contributed by atoms with Gasteiger partial charge in [-0.3, -0.25) is 4.79 Å². The van der Waals surface area contributed by atoms with Crippen LogP contribution in [0.15, 0.2) is 18.2 Å². The zero-order valence-corrected chi connectivity index (χ0v) is 11.9. The van der Waals surface area contributed by atoms with Crippen molar-refractivity contribution in [1.29, 1.82) is 0 Å². The molecule has 0 fully saturated rings. The summed E-state index contributed by atoms with van der Waals surface area (Å²) in [4.78, 5) is 15.2. The minimum Gasteiger partial charge on any atom is -0.497 e. The van der Waals surface area contributed by atoms with Crippen molar-refractivity contribution in [3.05, 3.63) is 24.0 Å². The Balaban J connectivity index is 2.31. The smallest absolute Gasteiger partial charge is 0.303 e. The van der Waals surface area contributed by atoms with Gasteiger partial charge in [0.15, 0.2) is 0 Å². The van der Waals surface area contributed by atoms with Crippen molar-refractivity contribution < 1.29 is 14.6 Å². The standard InChI is InChI=1S/C15H20N2O3/c1-3-9-17-13-8-7-11(20-2)10-12(13)16-14(17)5-4-6-15(18)19/h7-8,10H,3-6,9H2,1-2H3,(H,18,19). The number of ether oxygens (including phenoxy) is 1. The molecule has 5 nitrogen and oxygen atoms in total. The highest BCUT2D eigenvalue weighted by Gasteiger charge is 2.11. The topological polar surface area (TPSA) is 64.4 Å². The van der Waals surface area contributed by atoms with E-state index in [2.05, 4.69) is 16.5 Å². The van der Waals surface area contributed by atoms with Crippen LogP contribution in [0.5, 0.6) is 5.75 Å². The van der Waals surface area contributed by atoms with Crippen molar-refractivity contribution in [3.8, 4) is 5.75 Å². The molecule has 1 heterocycles. The Morgan fingerprint density at radius 3 is 2.90 bits per heavy atom. The first-order chi connectivity index (χ1) is 9.65. The summed E-state index contributed by atoms with van der Waals surface area (Å²) in [6.07, 6.45) is 2.49. The highest BCUT2D eigenvalue weighted by Crippen LogP contribution is 2.23. The zero-order chi connectivity index (χ0) is 14.5. The SMILES string of the molecule is CCCn1c(CCCC(=O)O)nc2cc(OC)ccc21. The van der Waals surface area contributed by atoms with Gasteiger partial charge < -0.3 is 14.4 Å². The summed E-state index contributed by atoms with van der Waals surface area (Å²) in [6, 6.07) is 5.86. The molecule has 2 aromatic rings. The lowest BCUT2D eigenvalue weighted by atomic mass is 10.2. The number of aliphatic carboxylic acids is 1. The van der Waals surface area contributed by atoms with Crippen molar-refractivity contribution in [2.24, 2.45) is 0 Å². The number of rotatable bonds is 7. The number of hydrogen-bond donors (Lipinski definition) is 1. The molecule has 0 bridgehead atoms. The summed E-state index contributed by atoms with van der Waals surface area (Å²) >= 11 is 0. The first-order valence-corrected chi connectivity index (χ1v) is 6.90. The van der Waals surface area contributed by atoms with Crippen molar-refractivity contribution >= 4 is 17.0 Å². The predicted molar refractivity (Wildman–Crippen MR) is 77.1 cm³/mol. The van der Waals surface area contributed by atoms with Crippen molar-refractivity contribution in [3.63, 3.8) is 0 Å². The first kappa shape index (κ1) is 14.4. The van der Waals surface area contributed by atoms with E-state index >= 15 is 0 Å². The summed E-state index contributed by atoms with van der Waals surface area (Å²) in [5, 5.41) is 8.73. The van der Waals surface area contributed by atoms with Gasteiger partial charge in [0.2, 0.25) is 0 Å². The molecule has 20 heavy (non-hydrogen) atoms. The number of hydrogen-bond acceptors (Lipinski definition) is 3. The summed E-state index contributed by atoms with van der Waals surface area (Å²) < 4.78 is 7.39. The lowest BCUT2D eigenvalue weighted by Crippen LogP contribution is -2.05. The molecule has 108 valence electrons. The van der Waals surface area contributed by atoms with E-state index in [1.807, 2.05) is 18.2 Å². The van der Waals surface area contributed by atoms with Crippen LogP contribution in [0, 0.1) is 0 Å². The number of nitrogens with zero attached hydrogens (tertiary/aromatic N) is 2. The lowest BCUT2D eigenvalue weighted by Gasteiger charge is -2.07. The average Bonchev–Trinajstić information content (AvgIpc) is 2.76. The van der Waals surface area contributed by atoms with Crippen LogP contribution < -0.4 is 4.74 Å². The molecule has 1 aromatic heterocycles. The van der Waals surface area contributed by atoms with Crippen molar-refractivity contribution in [2.45, 2.75) is 39.2 Å². The number of fused-ring (bicyclic) bond motifs is 1. The minimum atomic E-state index is -0.759. The van der Waals surface area contributed by atoms with Gasteiger partial charge >= 0.3 is 5.97 Å². The van der Waals surface area contributed by atoms with Crippen LogP contribution >= 0.6 is 0 Å². The Hall–Kier alpha value is -2.04. The Bertz CT molecular complexity index is 604. The molecule has 5 heteroatoms. The van der Waals surface area contributed by atoms with Crippen LogP contribution in [0.25, 0.3) is 11.0 Å². The normalized spacial score (nSPS) is 10.9. The second-order valence-electron chi connectivity index (χ2n) is 4.78. The van der Waals surface area contributed by atoms with E-state index in [4.69, 9.17) is 9.84 Å². The maximum absolute atomic E-state index is 10.6. The summed E-state index contributed by atoms with van der Waals surface area (Å²) in [7, 11) is 1.64. The third kappa shape index (κ3) is 3.10. The second-order valence-corrected chi connectivity index (χ2v) is 4.78. The molecule has 0 aliphatic heterocycles. The summed E-state index contributed by atoms with van der Waals surface area (Å²) in [5.74, 6) is 0.983. The zero-order valence-electron chi connectivity index (χ0n) is 11.9. The quantitative estimate of drug-likeness (QED) is 0.844. The lowest BCUT2D eigenvalue weighted by molar-refractivity contribution is -0.137. The van der Waals surface area contributed by atoms with Crippen molar-refractivity contribution in [1.82, 2.24) is 9.55 Å². The molecule has 2 rings (SSSR count). The van der Waals surface area contributed by atoms with E-state index in [0.29, 0.717) is 12.8 Å². The average molecular weight is 276 g/mol. The number of imidazole rings is 1. The Kier molecular flexibility index (Phi) is 4.61. The number of carbonyl (C=O) groups is 1. The minimum absolute atomic E-state index is 0.179. The first-order valence-electron chi connectivity index (χ1n) is 6.90. The monoisotopic (exact) mass is 276 g/mol. The van der Waals surface area contributed by atoms with Gasteiger partial charge in [-0.25, -0.2) is 4.98 Å². The molecular formula is C15H20N2O3. The highest BCUT2D eigenvalue weighted by atomic mass is 16.5. The fourth-order valence-corrected chi connectivity index (χ4v) is 2.35. The second kappa shape index (κ2) is 6.41. The van der Waals surface area contributed by atoms with E-state index in [1.54, 1.807) is 7.11 Å². The Labute approximate surface area is 118 Å². The molecule has 0 radical (unpaired) electrons.